The minimum atomic E-state index is -4.39. The molecule has 6 nitrogen and oxygen atoms in total. The number of hydrogen-bond acceptors (Lipinski definition) is 5. The third-order valence-corrected chi connectivity index (χ3v) is 5.13. The van der Waals surface area contributed by atoms with E-state index < -0.39 is 11.2 Å². The number of imidazole rings is 1. The molecule has 2 heterocycles. The SMILES string of the molecule is Cc1c(O)n(-c2ccc(SC(F)(F)F)cc2)c(=O)n1Cc1ccnc(CN(C)C)c1. The highest BCUT2D eigenvalue weighted by atomic mass is 32.2. The van der Waals surface area contributed by atoms with Crippen molar-refractivity contribution < 1.29 is 18.3 Å². The summed E-state index contributed by atoms with van der Waals surface area (Å²) in [6.45, 7) is 2.50. The normalized spacial score (nSPS) is 12.0. The summed E-state index contributed by atoms with van der Waals surface area (Å²) in [5.74, 6) is -0.251. The Kier molecular flexibility index (Phi) is 6.27. The molecule has 30 heavy (non-hydrogen) atoms. The van der Waals surface area contributed by atoms with Crippen molar-refractivity contribution in [1.82, 2.24) is 19.0 Å². The van der Waals surface area contributed by atoms with Crippen LogP contribution in [0.4, 0.5) is 13.2 Å². The number of alkyl halides is 3. The van der Waals surface area contributed by atoms with E-state index in [1.54, 1.807) is 19.2 Å². The zero-order valence-corrected chi connectivity index (χ0v) is 17.5. The van der Waals surface area contributed by atoms with E-state index in [1.165, 1.54) is 28.8 Å². The van der Waals surface area contributed by atoms with E-state index >= 15 is 0 Å². The van der Waals surface area contributed by atoms with E-state index in [0.717, 1.165) is 15.8 Å². The van der Waals surface area contributed by atoms with E-state index in [-0.39, 0.29) is 34.8 Å². The summed E-state index contributed by atoms with van der Waals surface area (Å²) in [6.07, 6.45) is 1.67. The van der Waals surface area contributed by atoms with Crippen LogP contribution in [0.15, 0.2) is 52.3 Å². The molecule has 3 rings (SSSR count). The lowest BCUT2D eigenvalue weighted by molar-refractivity contribution is -0.0328. The molecule has 0 fully saturated rings. The minimum absolute atomic E-state index is 0.000139. The molecule has 1 N–H and O–H groups in total. The molecule has 0 atom stereocenters. The Morgan fingerprint density at radius 2 is 1.83 bits per heavy atom. The fourth-order valence-electron chi connectivity index (χ4n) is 3.07. The highest BCUT2D eigenvalue weighted by Crippen LogP contribution is 2.37. The molecule has 0 saturated heterocycles. The fourth-order valence-corrected chi connectivity index (χ4v) is 3.61. The van der Waals surface area contributed by atoms with Gasteiger partial charge in [0.15, 0.2) is 0 Å². The summed E-state index contributed by atoms with van der Waals surface area (Å²) in [7, 11) is 3.86. The Balaban J connectivity index is 1.92. The standard InChI is InChI=1S/C20H21F3N4O2S/c1-13-18(28)27(16-4-6-17(7-5-16)30-20(21,22)23)19(29)26(13)11-14-8-9-24-15(10-14)12-25(2)3/h4-10,28H,11-12H2,1-3H3. The van der Waals surface area contributed by atoms with Crippen LogP contribution in [0.3, 0.4) is 0 Å². The molecule has 0 aliphatic rings. The first kappa shape index (κ1) is 22.0. The monoisotopic (exact) mass is 438 g/mol. The maximum atomic E-state index is 12.9. The van der Waals surface area contributed by atoms with Crippen LogP contribution in [-0.4, -0.2) is 43.7 Å². The third-order valence-electron chi connectivity index (χ3n) is 4.39. The Bertz CT molecular complexity index is 1090. The molecule has 1 aromatic carbocycles. The summed E-state index contributed by atoms with van der Waals surface area (Å²) in [5, 5.41) is 10.5. The lowest BCUT2D eigenvalue weighted by atomic mass is 10.2. The van der Waals surface area contributed by atoms with Gasteiger partial charge in [-0.25, -0.2) is 9.36 Å². The van der Waals surface area contributed by atoms with Crippen LogP contribution >= 0.6 is 11.8 Å². The largest absolute Gasteiger partial charge is 0.493 e. The number of aromatic nitrogens is 3. The van der Waals surface area contributed by atoms with Crippen LogP contribution in [0.2, 0.25) is 0 Å². The van der Waals surface area contributed by atoms with Crippen molar-refractivity contribution in [1.29, 1.82) is 0 Å². The molecule has 0 unspecified atom stereocenters. The van der Waals surface area contributed by atoms with Crippen molar-refractivity contribution in [3.8, 4) is 11.6 Å². The van der Waals surface area contributed by atoms with Crippen LogP contribution in [0.1, 0.15) is 17.0 Å². The molecule has 10 heteroatoms. The maximum Gasteiger partial charge on any atom is 0.446 e. The fraction of sp³-hybridized carbons (Fsp3) is 0.300. The number of rotatable bonds is 6. The molecule has 0 saturated carbocycles. The Morgan fingerprint density at radius 1 is 1.17 bits per heavy atom. The van der Waals surface area contributed by atoms with Gasteiger partial charge in [0.25, 0.3) is 0 Å². The zero-order chi connectivity index (χ0) is 22.1. The highest BCUT2D eigenvalue weighted by Gasteiger charge is 2.29. The number of nitrogens with zero attached hydrogens (tertiary/aromatic N) is 4. The summed E-state index contributed by atoms with van der Waals surface area (Å²) < 4.78 is 40.0. The maximum absolute atomic E-state index is 12.9. The van der Waals surface area contributed by atoms with Crippen LogP contribution in [0, 0.1) is 6.92 Å². The van der Waals surface area contributed by atoms with E-state index in [1.807, 2.05) is 25.1 Å². The van der Waals surface area contributed by atoms with Crippen LogP contribution in [-0.2, 0) is 13.1 Å². The number of benzene rings is 1. The van der Waals surface area contributed by atoms with Crippen molar-refractivity contribution in [3.05, 3.63) is 70.0 Å². The smallest absolute Gasteiger partial charge is 0.446 e. The molecule has 0 amide bonds. The first-order valence-electron chi connectivity index (χ1n) is 9.01. The van der Waals surface area contributed by atoms with Gasteiger partial charge in [-0.2, -0.15) is 13.2 Å². The second kappa shape index (κ2) is 8.57. The van der Waals surface area contributed by atoms with E-state index in [2.05, 4.69) is 4.98 Å². The predicted molar refractivity (Wildman–Crippen MR) is 109 cm³/mol. The number of thioether (sulfide) groups is 1. The molecule has 160 valence electrons. The van der Waals surface area contributed by atoms with Crippen LogP contribution < -0.4 is 5.69 Å². The van der Waals surface area contributed by atoms with Crippen molar-refractivity contribution in [2.75, 3.05) is 14.1 Å². The molecular weight excluding hydrogens is 417 g/mol. The summed E-state index contributed by atoms with van der Waals surface area (Å²) >= 11 is -0.236. The lowest BCUT2D eigenvalue weighted by Crippen LogP contribution is -2.24. The molecule has 3 aromatic rings. The summed E-state index contributed by atoms with van der Waals surface area (Å²) in [6, 6.07) is 8.97. The number of hydrogen-bond donors (Lipinski definition) is 1. The first-order valence-corrected chi connectivity index (χ1v) is 9.82. The number of pyridine rings is 1. The average molecular weight is 438 g/mol. The van der Waals surface area contributed by atoms with Gasteiger partial charge in [-0.3, -0.25) is 9.55 Å². The number of halogens is 3. The molecule has 0 radical (unpaired) electrons. The predicted octanol–water partition coefficient (Wildman–Crippen LogP) is 3.77. The second-order valence-corrected chi connectivity index (χ2v) is 8.19. The van der Waals surface area contributed by atoms with E-state index in [0.29, 0.717) is 12.2 Å². The van der Waals surface area contributed by atoms with Gasteiger partial charge in [-0.05, 0) is 74.7 Å². The number of aromatic hydroxyl groups is 1. The molecule has 0 aliphatic carbocycles. The zero-order valence-electron chi connectivity index (χ0n) is 16.6. The molecular formula is C20H21F3N4O2S. The average Bonchev–Trinajstić information content (AvgIpc) is 2.85. The Hall–Kier alpha value is -2.72. The second-order valence-electron chi connectivity index (χ2n) is 7.05. The van der Waals surface area contributed by atoms with Crippen molar-refractivity contribution in [2.45, 2.75) is 30.4 Å². The first-order chi connectivity index (χ1) is 14.0. The minimum Gasteiger partial charge on any atom is -0.493 e. The van der Waals surface area contributed by atoms with Gasteiger partial charge in [-0.1, -0.05) is 0 Å². The topological polar surface area (TPSA) is 63.3 Å². The molecule has 0 aliphatic heterocycles. The van der Waals surface area contributed by atoms with Crippen molar-refractivity contribution in [2.24, 2.45) is 0 Å². The summed E-state index contributed by atoms with van der Waals surface area (Å²) in [5.41, 5.74) is -2.53. The van der Waals surface area contributed by atoms with Gasteiger partial charge >= 0.3 is 11.2 Å². The molecule has 0 bridgehead atoms. The summed E-state index contributed by atoms with van der Waals surface area (Å²) in [4.78, 5) is 19.2. The lowest BCUT2D eigenvalue weighted by Gasteiger charge is -2.10. The van der Waals surface area contributed by atoms with Gasteiger partial charge in [-0.15, -0.1) is 0 Å². The van der Waals surface area contributed by atoms with E-state index in [4.69, 9.17) is 0 Å². The van der Waals surface area contributed by atoms with Crippen LogP contribution in [0.25, 0.3) is 5.69 Å². The van der Waals surface area contributed by atoms with Gasteiger partial charge < -0.3 is 10.0 Å². The van der Waals surface area contributed by atoms with Crippen molar-refractivity contribution >= 4 is 11.8 Å². The molecule has 0 spiro atoms. The Morgan fingerprint density at radius 3 is 2.43 bits per heavy atom. The highest BCUT2D eigenvalue weighted by molar-refractivity contribution is 8.00. The third kappa shape index (κ3) is 5.06. The van der Waals surface area contributed by atoms with Crippen LogP contribution in [0.5, 0.6) is 5.88 Å². The van der Waals surface area contributed by atoms with Gasteiger partial charge in [0.1, 0.15) is 0 Å². The van der Waals surface area contributed by atoms with Gasteiger partial charge in [0.05, 0.1) is 23.6 Å². The Labute approximate surface area is 175 Å². The van der Waals surface area contributed by atoms with Gasteiger partial charge in [0, 0.05) is 17.6 Å². The quantitative estimate of drug-likeness (QED) is 0.594. The van der Waals surface area contributed by atoms with Gasteiger partial charge in [0.2, 0.25) is 5.88 Å². The van der Waals surface area contributed by atoms with Crippen molar-refractivity contribution in [3.63, 3.8) is 0 Å². The molecule has 2 aromatic heterocycles. The van der Waals surface area contributed by atoms with E-state index in [9.17, 15) is 23.1 Å².